The zero-order valence-corrected chi connectivity index (χ0v) is 12.6. The molecule has 3 N–H and O–H groups in total. The smallest absolute Gasteiger partial charge is 0.258 e. The molecule has 1 amide bonds. The second-order valence-corrected chi connectivity index (χ2v) is 5.77. The van der Waals surface area contributed by atoms with Crippen LogP contribution in [0.3, 0.4) is 0 Å². The Morgan fingerprint density at radius 2 is 2.19 bits per heavy atom. The number of nitrogens with one attached hydrogen (secondary N) is 1. The van der Waals surface area contributed by atoms with Gasteiger partial charge in [-0.1, -0.05) is 11.6 Å². The minimum absolute atomic E-state index is 0.139. The highest BCUT2D eigenvalue weighted by atomic mass is 35.5. The van der Waals surface area contributed by atoms with Gasteiger partial charge in [-0.2, -0.15) is 0 Å². The summed E-state index contributed by atoms with van der Waals surface area (Å²) in [6.45, 7) is 1.72. The van der Waals surface area contributed by atoms with E-state index in [9.17, 15) is 15.0 Å². The summed E-state index contributed by atoms with van der Waals surface area (Å²) in [4.78, 5) is 11.8. The highest BCUT2D eigenvalue weighted by Crippen LogP contribution is 2.21. The fraction of sp³-hybridized carbons (Fsp3) is 0.533. The Hall–Kier alpha value is -1.30. The zero-order chi connectivity index (χ0) is 15.4. The van der Waals surface area contributed by atoms with E-state index in [1.807, 2.05) is 6.92 Å². The van der Waals surface area contributed by atoms with Crippen LogP contribution in [-0.4, -0.2) is 41.0 Å². The van der Waals surface area contributed by atoms with E-state index in [0.717, 1.165) is 12.0 Å². The molecule has 0 heterocycles. The molecular weight excluding hydrogens is 294 g/mol. The van der Waals surface area contributed by atoms with Gasteiger partial charge in [-0.15, -0.1) is 0 Å². The molecule has 0 aliphatic heterocycles. The van der Waals surface area contributed by atoms with Gasteiger partial charge in [0, 0.05) is 5.02 Å². The molecule has 2 rings (SSSR count). The second kappa shape index (κ2) is 7.11. The molecule has 0 spiro atoms. The lowest BCUT2D eigenvalue weighted by molar-refractivity contribution is -0.126. The molecule has 0 radical (unpaired) electrons. The summed E-state index contributed by atoms with van der Waals surface area (Å²) in [7, 11) is 0. The van der Waals surface area contributed by atoms with Crippen molar-refractivity contribution in [3.8, 4) is 5.75 Å². The number of hydrogen-bond acceptors (Lipinski definition) is 4. The standard InChI is InChI=1S/C15H20ClNO4/c1-9-7-10(5-6-11(9)16)21-8-14(19)17-12-3-2-4-13(18)15(12)20/h5-7,12-13,15,18,20H,2-4,8H2,1H3,(H,17,19)/t12-,13-,15-/m1/s1. The number of aliphatic hydroxyl groups is 2. The molecule has 0 bridgehead atoms. The van der Waals surface area contributed by atoms with E-state index in [0.29, 0.717) is 23.6 Å². The Labute approximate surface area is 128 Å². The number of amides is 1. The van der Waals surface area contributed by atoms with E-state index in [2.05, 4.69) is 5.32 Å². The van der Waals surface area contributed by atoms with Crippen molar-refractivity contribution in [2.45, 2.75) is 44.4 Å². The van der Waals surface area contributed by atoms with Crippen LogP contribution in [0.25, 0.3) is 0 Å². The predicted octanol–water partition coefficient (Wildman–Crippen LogP) is 1.42. The van der Waals surface area contributed by atoms with Crippen LogP contribution in [-0.2, 0) is 4.79 Å². The van der Waals surface area contributed by atoms with E-state index < -0.39 is 18.2 Å². The van der Waals surface area contributed by atoms with Gasteiger partial charge in [-0.25, -0.2) is 0 Å². The summed E-state index contributed by atoms with van der Waals surface area (Å²) in [6.07, 6.45) is 0.308. The number of aryl methyl sites for hydroxylation is 1. The number of benzene rings is 1. The summed E-state index contributed by atoms with van der Waals surface area (Å²) in [5.74, 6) is 0.247. The number of ether oxygens (including phenoxy) is 1. The third-order valence-electron chi connectivity index (χ3n) is 3.67. The molecule has 1 aliphatic rings. The maximum absolute atomic E-state index is 11.8. The largest absolute Gasteiger partial charge is 0.484 e. The van der Waals surface area contributed by atoms with Crippen molar-refractivity contribution < 1.29 is 19.7 Å². The van der Waals surface area contributed by atoms with Crippen LogP contribution in [0.2, 0.25) is 5.02 Å². The number of carbonyl (C=O) groups excluding carboxylic acids is 1. The normalized spacial score (nSPS) is 25.4. The number of carbonyl (C=O) groups is 1. The number of halogens is 1. The van der Waals surface area contributed by atoms with Crippen LogP contribution in [0.5, 0.6) is 5.75 Å². The second-order valence-electron chi connectivity index (χ2n) is 5.36. The van der Waals surface area contributed by atoms with Gasteiger partial charge in [0.05, 0.1) is 18.2 Å². The Morgan fingerprint density at radius 1 is 1.43 bits per heavy atom. The summed E-state index contributed by atoms with van der Waals surface area (Å²) in [5, 5.41) is 22.7. The minimum atomic E-state index is -0.916. The molecule has 3 atom stereocenters. The SMILES string of the molecule is Cc1cc(OCC(=O)N[C@@H]2CCC[C@@H](O)[C@@H]2O)ccc1Cl. The van der Waals surface area contributed by atoms with Gasteiger partial charge in [-0.05, 0) is 49.9 Å². The van der Waals surface area contributed by atoms with Crippen LogP contribution < -0.4 is 10.1 Å². The molecule has 0 saturated heterocycles. The molecule has 1 aromatic rings. The molecule has 1 saturated carbocycles. The van der Waals surface area contributed by atoms with Gasteiger partial charge >= 0.3 is 0 Å². The van der Waals surface area contributed by atoms with Crippen molar-refractivity contribution in [3.63, 3.8) is 0 Å². The fourth-order valence-corrected chi connectivity index (χ4v) is 2.54. The quantitative estimate of drug-likeness (QED) is 0.785. The summed E-state index contributed by atoms with van der Waals surface area (Å²) in [5.41, 5.74) is 0.875. The van der Waals surface area contributed by atoms with Gasteiger partial charge in [0.15, 0.2) is 6.61 Å². The molecule has 1 aliphatic carbocycles. The average molecular weight is 314 g/mol. The van der Waals surface area contributed by atoms with E-state index >= 15 is 0 Å². The molecule has 21 heavy (non-hydrogen) atoms. The third kappa shape index (κ3) is 4.33. The van der Waals surface area contributed by atoms with Crippen molar-refractivity contribution in [3.05, 3.63) is 28.8 Å². The lowest BCUT2D eigenvalue weighted by atomic mass is 9.90. The van der Waals surface area contributed by atoms with Crippen molar-refractivity contribution in [2.24, 2.45) is 0 Å². The highest BCUT2D eigenvalue weighted by molar-refractivity contribution is 6.31. The predicted molar refractivity (Wildman–Crippen MR) is 79.5 cm³/mol. The van der Waals surface area contributed by atoms with Gasteiger partial charge in [0.1, 0.15) is 5.75 Å². The van der Waals surface area contributed by atoms with E-state index in [1.165, 1.54) is 0 Å². The third-order valence-corrected chi connectivity index (χ3v) is 4.09. The maximum atomic E-state index is 11.8. The molecule has 116 valence electrons. The average Bonchev–Trinajstić information content (AvgIpc) is 2.45. The maximum Gasteiger partial charge on any atom is 0.258 e. The van der Waals surface area contributed by atoms with Crippen LogP contribution in [0.4, 0.5) is 0 Å². The van der Waals surface area contributed by atoms with Gasteiger partial charge < -0.3 is 20.3 Å². The Balaban J connectivity index is 1.83. The molecule has 6 heteroatoms. The van der Waals surface area contributed by atoms with E-state index in [-0.39, 0.29) is 12.5 Å². The first-order valence-electron chi connectivity index (χ1n) is 7.02. The number of hydrogen-bond donors (Lipinski definition) is 3. The topological polar surface area (TPSA) is 78.8 Å². The van der Waals surface area contributed by atoms with Crippen molar-refractivity contribution in [1.29, 1.82) is 0 Å². The van der Waals surface area contributed by atoms with Crippen LogP contribution in [0.1, 0.15) is 24.8 Å². The number of rotatable bonds is 4. The molecule has 1 aromatic carbocycles. The van der Waals surface area contributed by atoms with Crippen LogP contribution in [0.15, 0.2) is 18.2 Å². The van der Waals surface area contributed by atoms with E-state index in [1.54, 1.807) is 18.2 Å². The lowest BCUT2D eigenvalue weighted by Crippen LogP contribution is -2.51. The van der Waals surface area contributed by atoms with Gasteiger partial charge in [0.2, 0.25) is 0 Å². The van der Waals surface area contributed by atoms with Gasteiger partial charge in [0.25, 0.3) is 5.91 Å². The number of aliphatic hydroxyl groups excluding tert-OH is 2. The summed E-state index contributed by atoms with van der Waals surface area (Å²) >= 11 is 5.92. The van der Waals surface area contributed by atoms with E-state index in [4.69, 9.17) is 16.3 Å². The van der Waals surface area contributed by atoms with Crippen molar-refractivity contribution in [2.75, 3.05) is 6.61 Å². The summed E-state index contributed by atoms with van der Waals surface area (Å²) in [6, 6.07) is 4.75. The lowest BCUT2D eigenvalue weighted by Gasteiger charge is -2.32. The molecule has 0 unspecified atom stereocenters. The highest BCUT2D eigenvalue weighted by Gasteiger charge is 2.31. The minimum Gasteiger partial charge on any atom is -0.484 e. The van der Waals surface area contributed by atoms with Crippen molar-refractivity contribution in [1.82, 2.24) is 5.32 Å². The van der Waals surface area contributed by atoms with Crippen LogP contribution >= 0.6 is 11.6 Å². The Kier molecular flexibility index (Phi) is 5.45. The Morgan fingerprint density at radius 3 is 2.90 bits per heavy atom. The summed E-state index contributed by atoms with van der Waals surface area (Å²) < 4.78 is 5.39. The van der Waals surface area contributed by atoms with Crippen molar-refractivity contribution >= 4 is 17.5 Å². The molecule has 5 nitrogen and oxygen atoms in total. The molecule has 0 aromatic heterocycles. The van der Waals surface area contributed by atoms with Crippen LogP contribution in [0, 0.1) is 6.92 Å². The van der Waals surface area contributed by atoms with Gasteiger partial charge in [-0.3, -0.25) is 4.79 Å². The first-order chi connectivity index (χ1) is 9.97. The fourth-order valence-electron chi connectivity index (χ4n) is 2.42. The molecule has 1 fully saturated rings. The zero-order valence-electron chi connectivity index (χ0n) is 11.9. The molecular formula is C15H20ClNO4. The first kappa shape index (κ1) is 16.1. The monoisotopic (exact) mass is 313 g/mol. The Bertz CT molecular complexity index is 508. The first-order valence-corrected chi connectivity index (χ1v) is 7.39.